The monoisotopic (exact) mass is 301 g/mol. The maximum absolute atomic E-state index is 12.0. The highest BCUT2D eigenvalue weighted by Crippen LogP contribution is 2.27. The zero-order valence-electron chi connectivity index (χ0n) is 10.9. The Morgan fingerprint density at radius 1 is 1.47 bits per heavy atom. The number of amides is 1. The van der Waals surface area contributed by atoms with Crippen LogP contribution in [0, 0.1) is 5.92 Å². The van der Waals surface area contributed by atoms with E-state index in [0.717, 1.165) is 19.5 Å². The number of piperidine rings is 1. The Labute approximate surface area is 123 Å². The van der Waals surface area contributed by atoms with Crippen LogP contribution in [0.5, 0.6) is 5.75 Å². The molecule has 1 aromatic rings. The minimum absolute atomic E-state index is 0.00240. The minimum atomic E-state index is 0.00240. The summed E-state index contributed by atoms with van der Waals surface area (Å²) in [5.41, 5.74) is 0. The lowest BCUT2D eigenvalue weighted by atomic mass is 10.0. The molecule has 1 aromatic carbocycles. The SMILES string of the molecule is C[C@H]1CCCN(C(=O)COc2cc(Cl)ccc2Cl)C1. The summed E-state index contributed by atoms with van der Waals surface area (Å²) in [6.45, 7) is 3.79. The van der Waals surface area contributed by atoms with Crippen molar-refractivity contribution < 1.29 is 9.53 Å². The lowest BCUT2D eigenvalue weighted by Crippen LogP contribution is -2.41. The molecule has 19 heavy (non-hydrogen) atoms. The molecule has 0 radical (unpaired) electrons. The minimum Gasteiger partial charge on any atom is -0.482 e. The summed E-state index contributed by atoms with van der Waals surface area (Å²) in [6, 6.07) is 4.97. The Morgan fingerprint density at radius 2 is 2.26 bits per heavy atom. The smallest absolute Gasteiger partial charge is 0.260 e. The molecule has 5 heteroatoms. The second kappa shape index (κ2) is 6.49. The molecule has 1 aliphatic heterocycles. The number of carbonyl (C=O) groups is 1. The highest BCUT2D eigenvalue weighted by molar-refractivity contribution is 6.34. The Kier molecular flexibility index (Phi) is 4.94. The topological polar surface area (TPSA) is 29.5 Å². The van der Waals surface area contributed by atoms with Gasteiger partial charge in [0.2, 0.25) is 0 Å². The fourth-order valence-electron chi connectivity index (χ4n) is 2.23. The van der Waals surface area contributed by atoms with Crippen LogP contribution in [0.15, 0.2) is 18.2 Å². The van der Waals surface area contributed by atoms with Gasteiger partial charge in [-0.1, -0.05) is 30.1 Å². The predicted octanol–water partition coefficient (Wildman–Crippen LogP) is 3.63. The molecule has 1 atom stereocenters. The number of hydrogen-bond donors (Lipinski definition) is 0. The van der Waals surface area contributed by atoms with Crippen LogP contribution in [-0.4, -0.2) is 30.5 Å². The zero-order valence-corrected chi connectivity index (χ0v) is 12.4. The molecule has 0 bridgehead atoms. The van der Waals surface area contributed by atoms with E-state index in [1.54, 1.807) is 18.2 Å². The van der Waals surface area contributed by atoms with Crippen LogP contribution < -0.4 is 4.74 Å². The van der Waals surface area contributed by atoms with Crippen LogP contribution in [0.3, 0.4) is 0 Å². The van der Waals surface area contributed by atoms with Crippen molar-refractivity contribution in [1.29, 1.82) is 0 Å². The van der Waals surface area contributed by atoms with Crippen LogP contribution >= 0.6 is 23.2 Å². The van der Waals surface area contributed by atoms with Crippen LogP contribution in [-0.2, 0) is 4.79 Å². The van der Waals surface area contributed by atoms with Crippen molar-refractivity contribution in [3.8, 4) is 5.75 Å². The summed E-state index contributed by atoms with van der Waals surface area (Å²) in [5.74, 6) is 1.02. The number of halogens is 2. The lowest BCUT2D eigenvalue weighted by molar-refractivity contribution is -0.135. The maximum Gasteiger partial charge on any atom is 0.260 e. The third-order valence-corrected chi connectivity index (χ3v) is 3.80. The van der Waals surface area contributed by atoms with Gasteiger partial charge in [-0.15, -0.1) is 0 Å². The molecular weight excluding hydrogens is 285 g/mol. The van der Waals surface area contributed by atoms with Crippen LogP contribution in [0.2, 0.25) is 10.0 Å². The molecule has 2 rings (SSSR count). The van der Waals surface area contributed by atoms with E-state index in [2.05, 4.69) is 6.92 Å². The van der Waals surface area contributed by atoms with Crippen molar-refractivity contribution in [2.24, 2.45) is 5.92 Å². The lowest BCUT2D eigenvalue weighted by Gasteiger charge is -2.30. The first-order chi connectivity index (χ1) is 9.06. The van der Waals surface area contributed by atoms with Crippen molar-refractivity contribution >= 4 is 29.1 Å². The van der Waals surface area contributed by atoms with Crippen LogP contribution in [0.25, 0.3) is 0 Å². The second-order valence-electron chi connectivity index (χ2n) is 4.95. The van der Waals surface area contributed by atoms with Crippen molar-refractivity contribution in [3.63, 3.8) is 0 Å². The molecule has 1 heterocycles. The molecular formula is C14H17Cl2NO2. The summed E-state index contributed by atoms with van der Waals surface area (Å²) in [5, 5.41) is 1.00. The van der Waals surface area contributed by atoms with E-state index in [1.807, 2.05) is 4.90 Å². The van der Waals surface area contributed by atoms with Gasteiger partial charge in [-0.2, -0.15) is 0 Å². The zero-order chi connectivity index (χ0) is 13.8. The molecule has 3 nitrogen and oxygen atoms in total. The van der Waals surface area contributed by atoms with Crippen molar-refractivity contribution in [2.75, 3.05) is 19.7 Å². The van der Waals surface area contributed by atoms with Gasteiger partial charge in [0, 0.05) is 24.2 Å². The molecule has 1 amide bonds. The summed E-state index contributed by atoms with van der Waals surface area (Å²) < 4.78 is 5.46. The van der Waals surface area contributed by atoms with Gasteiger partial charge < -0.3 is 9.64 Å². The largest absolute Gasteiger partial charge is 0.482 e. The number of nitrogens with zero attached hydrogens (tertiary/aromatic N) is 1. The summed E-state index contributed by atoms with van der Waals surface area (Å²) in [7, 11) is 0. The first-order valence-corrected chi connectivity index (χ1v) is 7.17. The van der Waals surface area contributed by atoms with E-state index in [1.165, 1.54) is 6.42 Å². The quantitative estimate of drug-likeness (QED) is 0.853. The normalized spacial score (nSPS) is 19.3. The molecule has 104 valence electrons. The van der Waals surface area contributed by atoms with Gasteiger partial charge in [0.25, 0.3) is 5.91 Å². The molecule has 0 unspecified atom stereocenters. The van der Waals surface area contributed by atoms with Crippen molar-refractivity contribution in [1.82, 2.24) is 4.90 Å². The van der Waals surface area contributed by atoms with Crippen LogP contribution in [0.1, 0.15) is 19.8 Å². The van der Waals surface area contributed by atoms with E-state index in [9.17, 15) is 4.79 Å². The Hall–Kier alpha value is -0.930. The number of benzene rings is 1. The third-order valence-electron chi connectivity index (χ3n) is 3.25. The van der Waals surface area contributed by atoms with Crippen LogP contribution in [0.4, 0.5) is 0 Å². The van der Waals surface area contributed by atoms with Gasteiger partial charge in [-0.3, -0.25) is 4.79 Å². The predicted molar refractivity (Wildman–Crippen MR) is 76.9 cm³/mol. The number of rotatable bonds is 3. The fourth-order valence-corrected chi connectivity index (χ4v) is 2.57. The van der Waals surface area contributed by atoms with Gasteiger partial charge in [0.05, 0.1) is 5.02 Å². The van der Waals surface area contributed by atoms with Gasteiger partial charge in [0.1, 0.15) is 5.75 Å². The molecule has 0 aromatic heterocycles. The average molecular weight is 302 g/mol. The number of hydrogen-bond acceptors (Lipinski definition) is 2. The van der Waals surface area contributed by atoms with E-state index >= 15 is 0 Å². The average Bonchev–Trinajstić information content (AvgIpc) is 2.39. The highest BCUT2D eigenvalue weighted by Gasteiger charge is 2.21. The molecule has 0 saturated carbocycles. The Morgan fingerprint density at radius 3 is 3.00 bits per heavy atom. The van der Waals surface area contributed by atoms with E-state index < -0.39 is 0 Å². The van der Waals surface area contributed by atoms with E-state index in [4.69, 9.17) is 27.9 Å². The number of carbonyl (C=O) groups excluding carboxylic acids is 1. The third kappa shape index (κ3) is 4.02. The van der Waals surface area contributed by atoms with Gasteiger partial charge >= 0.3 is 0 Å². The van der Waals surface area contributed by atoms with Crippen molar-refractivity contribution in [2.45, 2.75) is 19.8 Å². The maximum atomic E-state index is 12.0. The summed E-state index contributed by atoms with van der Waals surface area (Å²) in [4.78, 5) is 13.9. The molecule has 1 fully saturated rings. The van der Waals surface area contributed by atoms with Gasteiger partial charge in [-0.25, -0.2) is 0 Å². The summed E-state index contributed by atoms with van der Waals surface area (Å²) in [6.07, 6.45) is 2.25. The molecule has 0 N–H and O–H groups in total. The van der Waals surface area contributed by atoms with E-state index in [-0.39, 0.29) is 12.5 Å². The van der Waals surface area contributed by atoms with Gasteiger partial charge in [-0.05, 0) is 30.9 Å². The molecule has 0 aliphatic carbocycles. The molecule has 0 spiro atoms. The Bertz CT molecular complexity index is 465. The first-order valence-electron chi connectivity index (χ1n) is 6.42. The first kappa shape index (κ1) is 14.5. The standard InChI is InChI=1S/C14H17Cl2NO2/c1-10-3-2-6-17(8-10)14(18)9-19-13-7-11(15)4-5-12(13)16/h4-5,7,10H,2-3,6,8-9H2,1H3/t10-/m0/s1. The highest BCUT2D eigenvalue weighted by atomic mass is 35.5. The fraction of sp³-hybridized carbons (Fsp3) is 0.500. The Balaban J connectivity index is 1.91. The molecule has 1 aliphatic rings. The molecule has 1 saturated heterocycles. The second-order valence-corrected chi connectivity index (χ2v) is 5.79. The number of ether oxygens (including phenoxy) is 1. The van der Waals surface area contributed by atoms with Gasteiger partial charge in [0.15, 0.2) is 6.61 Å². The number of likely N-dealkylation sites (tertiary alicyclic amines) is 1. The summed E-state index contributed by atoms with van der Waals surface area (Å²) >= 11 is 11.8. The van der Waals surface area contributed by atoms with E-state index in [0.29, 0.717) is 21.7 Å². The van der Waals surface area contributed by atoms with Crippen molar-refractivity contribution in [3.05, 3.63) is 28.2 Å².